The van der Waals surface area contributed by atoms with Crippen molar-refractivity contribution in [2.24, 2.45) is 5.14 Å². The maximum Gasteiger partial charge on any atom is 0.246 e. The standard InChI is InChI=1S/C13H17N3O4S/c1-16-12(17)8-11(13(16)18)15-7-6-9-2-4-10(5-3-9)21(14,19)20/h2-5,11,15H,6-8H2,1H3,(H2,14,19,20). The molecule has 0 saturated carbocycles. The van der Waals surface area contributed by atoms with Crippen molar-refractivity contribution in [2.75, 3.05) is 13.6 Å². The average molecular weight is 311 g/mol. The number of nitrogens with zero attached hydrogens (tertiary/aromatic N) is 1. The molecule has 2 rings (SSSR count). The molecule has 2 amide bonds. The Balaban J connectivity index is 1.87. The van der Waals surface area contributed by atoms with Crippen molar-refractivity contribution in [1.29, 1.82) is 0 Å². The molecule has 1 unspecified atom stereocenters. The Labute approximate surface area is 123 Å². The van der Waals surface area contributed by atoms with E-state index in [-0.39, 0.29) is 23.1 Å². The van der Waals surface area contributed by atoms with Gasteiger partial charge in [-0.15, -0.1) is 0 Å². The molecule has 1 aliphatic heterocycles. The summed E-state index contributed by atoms with van der Waals surface area (Å²) in [7, 11) is -2.21. The van der Waals surface area contributed by atoms with E-state index in [1.54, 1.807) is 12.1 Å². The predicted octanol–water partition coefficient (Wildman–Crippen LogP) is -0.777. The van der Waals surface area contributed by atoms with Crippen LogP contribution in [0, 0.1) is 0 Å². The average Bonchev–Trinajstić information content (AvgIpc) is 2.66. The molecule has 1 saturated heterocycles. The molecular weight excluding hydrogens is 294 g/mol. The predicted molar refractivity (Wildman–Crippen MR) is 75.7 cm³/mol. The molecule has 1 aliphatic rings. The van der Waals surface area contributed by atoms with E-state index in [1.807, 2.05) is 0 Å². The number of primary sulfonamides is 1. The van der Waals surface area contributed by atoms with E-state index in [0.29, 0.717) is 13.0 Å². The van der Waals surface area contributed by atoms with E-state index in [2.05, 4.69) is 5.32 Å². The van der Waals surface area contributed by atoms with Crippen LogP contribution < -0.4 is 10.5 Å². The summed E-state index contributed by atoms with van der Waals surface area (Å²) >= 11 is 0. The molecule has 0 aromatic heterocycles. The van der Waals surface area contributed by atoms with Gasteiger partial charge in [-0.25, -0.2) is 13.6 Å². The fourth-order valence-corrected chi connectivity index (χ4v) is 2.67. The summed E-state index contributed by atoms with van der Waals surface area (Å²) in [6.07, 6.45) is 0.798. The topological polar surface area (TPSA) is 110 Å². The van der Waals surface area contributed by atoms with Crippen LogP contribution in [0.1, 0.15) is 12.0 Å². The van der Waals surface area contributed by atoms with Gasteiger partial charge in [0.05, 0.1) is 17.4 Å². The molecule has 114 valence electrons. The van der Waals surface area contributed by atoms with Gasteiger partial charge in [-0.05, 0) is 30.7 Å². The number of carbonyl (C=O) groups is 2. The summed E-state index contributed by atoms with van der Waals surface area (Å²) in [6, 6.07) is 5.78. The molecule has 0 aliphatic carbocycles. The summed E-state index contributed by atoms with van der Waals surface area (Å²) < 4.78 is 22.2. The number of likely N-dealkylation sites (tertiary alicyclic amines) is 1. The lowest BCUT2D eigenvalue weighted by Crippen LogP contribution is -2.38. The lowest BCUT2D eigenvalue weighted by atomic mass is 10.1. The molecule has 1 aromatic rings. The molecule has 1 heterocycles. The zero-order valence-corrected chi connectivity index (χ0v) is 12.4. The molecular formula is C13H17N3O4S. The summed E-state index contributed by atoms with van der Waals surface area (Å²) in [4.78, 5) is 24.2. The van der Waals surface area contributed by atoms with Gasteiger partial charge in [0.25, 0.3) is 0 Å². The molecule has 0 bridgehead atoms. The number of sulfonamides is 1. The van der Waals surface area contributed by atoms with E-state index in [4.69, 9.17) is 5.14 Å². The van der Waals surface area contributed by atoms with Crippen LogP contribution in [0.2, 0.25) is 0 Å². The zero-order valence-electron chi connectivity index (χ0n) is 11.6. The van der Waals surface area contributed by atoms with Crippen LogP contribution in [0.3, 0.4) is 0 Å². The molecule has 1 aromatic carbocycles. The van der Waals surface area contributed by atoms with Crippen molar-refractivity contribution < 1.29 is 18.0 Å². The largest absolute Gasteiger partial charge is 0.305 e. The van der Waals surface area contributed by atoms with E-state index in [9.17, 15) is 18.0 Å². The van der Waals surface area contributed by atoms with Gasteiger partial charge in [-0.1, -0.05) is 12.1 Å². The first-order valence-corrected chi connectivity index (χ1v) is 7.99. The number of amides is 2. The summed E-state index contributed by atoms with van der Waals surface area (Å²) in [6.45, 7) is 0.520. The second-order valence-corrected chi connectivity index (χ2v) is 6.50. The number of imide groups is 1. The van der Waals surface area contributed by atoms with E-state index in [1.165, 1.54) is 19.2 Å². The van der Waals surface area contributed by atoms with Gasteiger partial charge in [-0.3, -0.25) is 14.5 Å². The Morgan fingerprint density at radius 1 is 1.29 bits per heavy atom. The first-order valence-electron chi connectivity index (χ1n) is 6.44. The second kappa shape index (κ2) is 5.92. The first-order chi connectivity index (χ1) is 9.79. The molecule has 7 nitrogen and oxygen atoms in total. The summed E-state index contributed by atoms with van der Waals surface area (Å²) in [5.41, 5.74) is 0.917. The van der Waals surface area contributed by atoms with Gasteiger partial charge in [0.15, 0.2) is 0 Å². The fourth-order valence-electron chi connectivity index (χ4n) is 2.15. The second-order valence-electron chi connectivity index (χ2n) is 4.94. The highest BCUT2D eigenvalue weighted by atomic mass is 32.2. The SMILES string of the molecule is CN1C(=O)CC(NCCc2ccc(S(N)(=O)=O)cc2)C1=O. The van der Waals surface area contributed by atoms with Crippen LogP contribution in [-0.2, 0) is 26.0 Å². The minimum atomic E-state index is -3.68. The van der Waals surface area contributed by atoms with Crippen molar-refractivity contribution in [3.8, 4) is 0 Å². The third-order valence-electron chi connectivity index (χ3n) is 3.44. The van der Waals surface area contributed by atoms with Crippen LogP contribution in [0.5, 0.6) is 0 Å². The van der Waals surface area contributed by atoms with Crippen LogP contribution in [0.4, 0.5) is 0 Å². The number of likely N-dealkylation sites (N-methyl/N-ethyl adjacent to an activating group) is 1. The molecule has 0 spiro atoms. The number of benzene rings is 1. The third kappa shape index (κ3) is 3.66. The summed E-state index contributed by atoms with van der Waals surface area (Å²) in [5.74, 6) is -0.403. The van der Waals surface area contributed by atoms with Gasteiger partial charge in [-0.2, -0.15) is 0 Å². The summed E-state index contributed by atoms with van der Waals surface area (Å²) in [5, 5.41) is 8.05. The van der Waals surface area contributed by atoms with Gasteiger partial charge in [0.1, 0.15) is 0 Å². The lowest BCUT2D eigenvalue weighted by molar-refractivity contribution is -0.137. The quantitative estimate of drug-likeness (QED) is 0.694. The zero-order chi connectivity index (χ0) is 15.6. The van der Waals surface area contributed by atoms with E-state index >= 15 is 0 Å². The number of hydrogen-bond donors (Lipinski definition) is 2. The number of nitrogens with two attached hydrogens (primary N) is 1. The molecule has 21 heavy (non-hydrogen) atoms. The minimum absolute atomic E-state index is 0.0670. The van der Waals surface area contributed by atoms with Crippen molar-refractivity contribution in [2.45, 2.75) is 23.8 Å². The van der Waals surface area contributed by atoms with Crippen LogP contribution in [0.15, 0.2) is 29.2 Å². The Hall–Kier alpha value is -1.77. The van der Waals surface area contributed by atoms with Crippen molar-refractivity contribution in [3.63, 3.8) is 0 Å². The highest BCUT2D eigenvalue weighted by Gasteiger charge is 2.35. The van der Waals surface area contributed by atoms with E-state index < -0.39 is 16.1 Å². The maximum absolute atomic E-state index is 11.7. The van der Waals surface area contributed by atoms with Crippen molar-refractivity contribution >= 4 is 21.8 Å². The number of nitrogens with one attached hydrogen (secondary N) is 1. The third-order valence-corrected chi connectivity index (χ3v) is 4.37. The van der Waals surface area contributed by atoms with E-state index in [0.717, 1.165) is 10.5 Å². The van der Waals surface area contributed by atoms with Crippen LogP contribution in [-0.4, -0.2) is 44.8 Å². The Kier molecular flexibility index (Phi) is 4.40. The van der Waals surface area contributed by atoms with Gasteiger partial charge in [0, 0.05) is 7.05 Å². The fraction of sp³-hybridized carbons (Fsp3) is 0.385. The normalized spacial score (nSPS) is 19.3. The molecule has 3 N–H and O–H groups in total. The Morgan fingerprint density at radius 2 is 1.90 bits per heavy atom. The Morgan fingerprint density at radius 3 is 2.38 bits per heavy atom. The molecule has 1 fully saturated rings. The highest BCUT2D eigenvalue weighted by Crippen LogP contribution is 2.11. The van der Waals surface area contributed by atoms with Crippen molar-refractivity contribution in [1.82, 2.24) is 10.2 Å². The number of carbonyl (C=O) groups excluding carboxylic acids is 2. The molecule has 1 atom stereocenters. The minimum Gasteiger partial charge on any atom is -0.305 e. The van der Waals surface area contributed by atoms with Crippen molar-refractivity contribution in [3.05, 3.63) is 29.8 Å². The van der Waals surface area contributed by atoms with Crippen LogP contribution >= 0.6 is 0 Å². The molecule has 0 radical (unpaired) electrons. The van der Waals surface area contributed by atoms with Gasteiger partial charge >= 0.3 is 0 Å². The smallest absolute Gasteiger partial charge is 0.246 e. The Bertz CT molecular complexity index is 654. The number of hydrogen-bond acceptors (Lipinski definition) is 5. The lowest BCUT2D eigenvalue weighted by Gasteiger charge is -2.11. The number of rotatable bonds is 5. The first kappa shape index (κ1) is 15.6. The monoisotopic (exact) mass is 311 g/mol. The highest BCUT2D eigenvalue weighted by molar-refractivity contribution is 7.89. The molecule has 8 heteroatoms. The van der Waals surface area contributed by atoms with Gasteiger partial charge in [0.2, 0.25) is 21.8 Å². The maximum atomic E-state index is 11.7. The van der Waals surface area contributed by atoms with Gasteiger partial charge < -0.3 is 5.32 Å². The van der Waals surface area contributed by atoms with Crippen LogP contribution in [0.25, 0.3) is 0 Å².